The van der Waals surface area contributed by atoms with Crippen LogP contribution in [0.2, 0.25) is 5.02 Å². The minimum absolute atomic E-state index is 0. The van der Waals surface area contributed by atoms with Gasteiger partial charge in [0.2, 0.25) is 0 Å². The van der Waals surface area contributed by atoms with E-state index < -0.39 is 5.91 Å². The van der Waals surface area contributed by atoms with Gasteiger partial charge in [0.15, 0.2) is 0 Å². The van der Waals surface area contributed by atoms with Gasteiger partial charge in [0.05, 0.1) is 22.5 Å². The number of pyridine rings is 2. The molecule has 27 heavy (non-hydrogen) atoms. The standard InChI is InChI=1S/C18H23ClN6O.ClH/c1-10-6-11(9-22-8-10)23-17-12(16(21)26)7-13(19)18(25-17)24-15-5-3-2-4-14(15)20;/h6-9,14-15H,2-5,20H2,1H3,(H2,21,26)(H2,23,24,25);1H/t14-,15+;/m0./s1. The number of halogens is 2. The van der Waals surface area contributed by atoms with Gasteiger partial charge < -0.3 is 22.1 Å². The van der Waals surface area contributed by atoms with Crippen molar-refractivity contribution in [2.24, 2.45) is 11.5 Å². The largest absolute Gasteiger partial charge is 0.365 e. The van der Waals surface area contributed by atoms with Gasteiger partial charge in [0, 0.05) is 18.3 Å². The number of hydrogen-bond acceptors (Lipinski definition) is 6. The summed E-state index contributed by atoms with van der Waals surface area (Å²) in [7, 11) is 0. The Bertz CT molecular complexity index is 816. The highest BCUT2D eigenvalue weighted by atomic mass is 35.5. The maximum absolute atomic E-state index is 11.8. The molecule has 9 heteroatoms. The van der Waals surface area contributed by atoms with E-state index in [0.717, 1.165) is 31.2 Å². The molecular formula is C18H24Cl2N6O. The lowest BCUT2D eigenvalue weighted by Gasteiger charge is -2.30. The molecule has 0 unspecified atom stereocenters. The maximum atomic E-state index is 11.8. The molecule has 0 saturated heterocycles. The lowest BCUT2D eigenvalue weighted by Crippen LogP contribution is -2.42. The number of primary amides is 1. The third-order valence-corrected chi connectivity index (χ3v) is 4.81. The number of nitrogens with zero attached hydrogens (tertiary/aromatic N) is 2. The molecular weight excluding hydrogens is 387 g/mol. The first-order chi connectivity index (χ1) is 12.4. The summed E-state index contributed by atoms with van der Waals surface area (Å²) < 4.78 is 0. The molecule has 1 aliphatic carbocycles. The highest BCUT2D eigenvalue weighted by Gasteiger charge is 2.24. The van der Waals surface area contributed by atoms with Crippen molar-refractivity contribution >= 4 is 47.2 Å². The fourth-order valence-electron chi connectivity index (χ4n) is 3.15. The summed E-state index contributed by atoms with van der Waals surface area (Å²) in [6.45, 7) is 1.93. The molecule has 1 saturated carbocycles. The second-order valence-electron chi connectivity index (χ2n) is 6.65. The van der Waals surface area contributed by atoms with Crippen molar-refractivity contribution < 1.29 is 4.79 Å². The highest BCUT2D eigenvalue weighted by molar-refractivity contribution is 6.33. The molecule has 146 valence electrons. The molecule has 1 fully saturated rings. The SMILES string of the molecule is Cc1cncc(Nc2nc(N[C@@H]3CCCC[C@@H]3N)c(Cl)cc2C(N)=O)c1.Cl. The number of carbonyl (C=O) groups is 1. The zero-order chi connectivity index (χ0) is 18.7. The van der Waals surface area contributed by atoms with Crippen molar-refractivity contribution in [1.29, 1.82) is 0 Å². The molecule has 0 bridgehead atoms. The van der Waals surface area contributed by atoms with Crippen LogP contribution in [0.5, 0.6) is 0 Å². The number of carbonyl (C=O) groups excluding carboxylic acids is 1. The summed E-state index contributed by atoms with van der Waals surface area (Å²) in [6, 6.07) is 3.58. The Labute approximate surface area is 169 Å². The minimum Gasteiger partial charge on any atom is -0.365 e. The third-order valence-electron chi connectivity index (χ3n) is 4.52. The average molecular weight is 411 g/mol. The van der Waals surface area contributed by atoms with E-state index in [0.29, 0.717) is 22.3 Å². The van der Waals surface area contributed by atoms with E-state index in [1.54, 1.807) is 12.4 Å². The molecule has 2 aromatic heterocycles. The van der Waals surface area contributed by atoms with E-state index in [1.165, 1.54) is 6.07 Å². The third kappa shape index (κ3) is 5.22. The second kappa shape index (κ2) is 9.21. The van der Waals surface area contributed by atoms with Gasteiger partial charge in [-0.25, -0.2) is 4.98 Å². The Morgan fingerprint density at radius 3 is 2.63 bits per heavy atom. The van der Waals surface area contributed by atoms with Crippen molar-refractivity contribution in [2.45, 2.75) is 44.7 Å². The lowest BCUT2D eigenvalue weighted by atomic mass is 9.91. The molecule has 0 aliphatic heterocycles. The van der Waals surface area contributed by atoms with Gasteiger partial charge in [-0.3, -0.25) is 9.78 Å². The summed E-state index contributed by atoms with van der Waals surface area (Å²) in [5.41, 5.74) is 13.6. The van der Waals surface area contributed by atoms with Crippen molar-refractivity contribution in [2.75, 3.05) is 10.6 Å². The molecule has 3 rings (SSSR count). The van der Waals surface area contributed by atoms with Crippen LogP contribution < -0.4 is 22.1 Å². The summed E-state index contributed by atoms with van der Waals surface area (Å²) in [5.74, 6) is 0.215. The van der Waals surface area contributed by atoms with Crippen LogP contribution in [0.4, 0.5) is 17.3 Å². The Hall–Kier alpha value is -2.09. The van der Waals surface area contributed by atoms with Crippen LogP contribution >= 0.6 is 24.0 Å². The van der Waals surface area contributed by atoms with Crippen LogP contribution in [-0.2, 0) is 0 Å². The van der Waals surface area contributed by atoms with Crippen LogP contribution in [0.25, 0.3) is 0 Å². The van der Waals surface area contributed by atoms with Crippen molar-refractivity contribution in [3.05, 3.63) is 40.7 Å². The topological polar surface area (TPSA) is 119 Å². The lowest BCUT2D eigenvalue weighted by molar-refractivity contribution is 0.100. The molecule has 0 radical (unpaired) electrons. The number of nitrogens with two attached hydrogens (primary N) is 2. The van der Waals surface area contributed by atoms with Gasteiger partial charge in [0.1, 0.15) is 11.6 Å². The molecule has 1 amide bonds. The monoisotopic (exact) mass is 410 g/mol. The van der Waals surface area contributed by atoms with Crippen LogP contribution in [0.1, 0.15) is 41.6 Å². The second-order valence-corrected chi connectivity index (χ2v) is 7.06. The number of amides is 1. The van der Waals surface area contributed by atoms with Gasteiger partial charge in [-0.15, -0.1) is 12.4 Å². The van der Waals surface area contributed by atoms with Crippen molar-refractivity contribution in [3.8, 4) is 0 Å². The van der Waals surface area contributed by atoms with Gasteiger partial charge in [-0.2, -0.15) is 0 Å². The van der Waals surface area contributed by atoms with Gasteiger partial charge in [0.25, 0.3) is 5.91 Å². The molecule has 1 aliphatic rings. The Morgan fingerprint density at radius 1 is 1.22 bits per heavy atom. The van der Waals surface area contributed by atoms with E-state index in [4.69, 9.17) is 23.1 Å². The Morgan fingerprint density at radius 2 is 1.96 bits per heavy atom. The molecule has 2 heterocycles. The molecule has 7 nitrogen and oxygen atoms in total. The summed E-state index contributed by atoms with van der Waals surface area (Å²) in [5, 5.41) is 6.77. The minimum atomic E-state index is -0.608. The summed E-state index contributed by atoms with van der Waals surface area (Å²) in [6.07, 6.45) is 7.57. The fourth-order valence-corrected chi connectivity index (χ4v) is 3.35. The molecule has 2 aromatic rings. The summed E-state index contributed by atoms with van der Waals surface area (Å²) >= 11 is 6.33. The van der Waals surface area contributed by atoms with Gasteiger partial charge in [-0.1, -0.05) is 24.4 Å². The zero-order valence-electron chi connectivity index (χ0n) is 15.0. The molecule has 0 spiro atoms. The van der Waals surface area contributed by atoms with Crippen LogP contribution in [0, 0.1) is 6.92 Å². The van der Waals surface area contributed by atoms with Crippen LogP contribution in [-0.4, -0.2) is 28.0 Å². The normalized spacial score (nSPS) is 19.1. The first-order valence-corrected chi connectivity index (χ1v) is 9.03. The molecule has 0 aromatic carbocycles. The number of hydrogen-bond donors (Lipinski definition) is 4. The van der Waals surface area contributed by atoms with E-state index in [2.05, 4.69) is 20.6 Å². The number of nitrogens with one attached hydrogen (secondary N) is 2. The first-order valence-electron chi connectivity index (χ1n) is 8.65. The zero-order valence-corrected chi connectivity index (χ0v) is 16.6. The van der Waals surface area contributed by atoms with Gasteiger partial charge >= 0.3 is 0 Å². The molecule has 2 atom stereocenters. The predicted octanol–water partition coefficient (Wildman–Crippen LogP) is 3.38. The van der Waals surface area contributed by atoms with Crippen molar-refractivity contribution in [3.63, 3.8) is 0 Å². The predicted molar refractivity (Wildman–Crippen MR) is 111 cm³/mol. The number of aryl methyl sites for hydroxylation is 1. The fraction of sp³-hybridized carbons (Fsp3) is 0.389. The van der Waals surface area contributed by atoms with Crippen LogP contribution in [0.15, 0.2) is 24.5 Å². The smallest absolute Gasteiger partial charge is 0.252 e. The average Bonchev–Trinajstić information content (AvgIpc) is 2.59. The Kier molecular flexibility index (Phi) is 7.24. The highest BCUT2D eigenvalue weighted by Crippen LogP contribution is 2.30. The van der Waals surface area contributed by atoms with E-state index in [-0.39, 0.29) is 30.1 Å². The number of rotatable bonds is 5. The first kappa shape index (κ1) is 21.2. The number of aromatic nitrogens is 2. The Balaban J connectivity index is 0.00000261. The number of anilines is 3. The molecule has 6 N–H and O–H groups in total. The van der Waals surface area contributed by atoms with E-state index in [9.17, 15) is 4.79 Å². The maximum Gasteiger partial charge on any atom is 0.252 e. The van der Waals surface area contributed by atoms with Gasteiger partial charge in [-0.05, 0) is 37.5 Å². The van der Waals surface area contributed by atoms with E-state index >= 15 is 0 Å². The van der Waals surface area contributed by atoms with E-state index in [1.807, 2.05) is 13.0 Å². The summed E-state index contributed by atoms with van der Waals surface area (Å²) in [4.78, 5) is 20.5. The van der Waals surface area contributed by atoms with Crippen LogP contribution in [0.3, 0.4) is 0 Å². The van der Waals surface area contributed by atoms with Crippen molar-refractivity contribution in [1.82, 2.24) is 9.97 Å². The quantitative estimate of drug-likeness (QED) is 0.599.